The van der Waals surface area contributed by atoms with E-state index < -0.39 is 16.0 Å². The van der Waals surface area contributed by atoms with Gasteiger partial charge in [-0.2, -0.15) is 0 Å². The van der Waals surface area contributed by atoms with Crippen LogP contribution in [0.2, 0.25) is 0 Å². The van der Waals surface area contributed by atoms with E-state index >= 15 is 0 Å². The van der Waals surface area contributed by atoms with E-state index in [0.29, 0.717) is 32.6 Å². The molecule has 0 spiro atoms. The highest BCUT2D eigenvalue weighted by molar-refractivity contribution is 9.12. The Morgan fingerprint density at radius 2 is 1.43 bits per heavy atom. The van der Waals surface area contributed by atoms with Gasteiger partial charge in [0.2, 0.25) is 0 Å². The van der Waals surface area contributed by atoms with Gasteiger partial charge in [-0.15, -0.1) is 0 Å². The second kappa shape index (κ2) is 8.00. The summed E-state index contributed by atoms with van der Waals surface area (Å²) in [6.45, 7) is 10.7. The monoisotopic (exact) mass is 494 g/mol. The first kappa shape index (κ1) is 20.8. The molecule has 0 radical (unpaired) electrons. The lowest BCUT2D eigenvalue weighted by atomic mass is 9.97. The van der Waals surface area contributed by atoms with Gasteiger partial charge in [0.15, 0.2) is 8.38 Å². The van der Waals surface area contributed by atoms with Crippen molar-refractivity contribution in [2.24, 2.45) is 10.8 Å². The summed E-state index contributed by atoms with van der Waals surface area (Å²) in [6, 6.07) is 0. The molecule has 0 amide bonds. The molecular weight excluding hydrogens is 470 g/mol. The van der Waals surface area contributed by atoms with E-state index in [2.05, 4.69) is 45.7 Å². The molecule has 0 bridgehead atoms. The Hall–Kier alpha value is 1.46. The first-order valence-electron chi connectivity index (χ1n) is 7.70. The Bertz CT molecular complexity index is 436. The van der Waals surface area contributed by atoms with Gasteiger partial charge in [-0.3, -0.25) is 4.57 Å². The quantitative estimate of drug-likeness (QED) is 0.389. The number of halogens is 2. The third kappa shape index (κ3) is 6.60. The zero-order valence-electron chi connectivity index (χ0n) is 14.1. The van der Waals surface area contributed by atoms with Gasteiger partial charge >= 0.3 is 7.60 Å². The predicted molar refractivity (Wildman–Crippen MR) is 101 cm³/mol. The minimum atomic E-state index is -3.03. The highest BCUT2D eigenvalue weighted by atomic mass is 79.9. The van der Waals surface area contributed by atoms with Crippen molar-refractivity contribution in [3.8, 4) is 0 Å². The first-order valence-corrected chi connectivity index (χ1v) is 12.6. The van der Waals surface area contributed by atoms with Gasteiger partial charge in [0.1, 0.15) is 0 Å². The number of hydrogen-bond acceptors (Lipinski definition) is 5. The zero-order valence-corrected chi connectivity index (χ0v) is 19.0. The van der Waals surface area contributed by atoms with Crippen LogP contribution in [0.1, 0.15) is 27.7 Å². The molecule has 2 atom stereocenters. The van der Waals surface area contributed by atoms with E-state index in [4.69, 9.17) is 18.1 Å². The zero-order chi connectivity index (χ0) is 17.3. The molecule has 0 aromatic heterocycles. The van der Waals surface area contributed by atoms with Crippen molar-refractivity contribution in [3.05, 3.63) is 0 Å². The molecular formula is C14H26Br2O5P2. The van der Waals surface area contributed by atoms with Crippen LogP contribution in [-0.2, 0) is 22.7 Å². The Labute approximate surface area is 157 Å². The second-order valence-electron chi connectivity index (χ2n) is 7.76. The van der Waals surface area contributed by atoms with Crippen LogP contribution in [0.5, 0.6) is 0 Å². The fourth-order valence-corrected chi connectivity index (χ4v) is 8.59. The van der Waals surface area contributed by atoms with Gasteiger partial charge in [-0.25, -0.2) is 0 Å². The summed E-state index contributed by atoms with van der Waals surface area (Å²) in [6.07, 6.45) is 1.08. The van der Waals surface area contributed by atoms with Crippen molar-refractivity contribution in [2.75, 3.05) is 38.8 Å². The van der Waals surface area contributed by atoms with E-state index in [1.165, 1.54) is 0 Å². The van der Waals surface area contributed by atoms with Crippen LogP contribution in [0.15, 0.2) is 0 Å². The molecule has 5 nitrogen and oxygen atoms in total. The molecule has 0 aromatic carbocycles. The SMILES string of the molecule is CC1(C)COP(CC(Br)C(Br)CP2(=O)OCC(C)(C)CO2)OC1. The summed E-state index contributed by atoms with van der Waals surface area (Å²) in [7, 11) is -3.93. The maximum Gasteiger partial charge on any atom is 0.331 e. The van der Waals surface area contributed by atoms with Crippen LogP contribution < -0.4 is 0 Å². The van der Waals surface area contributed by atoms with Gasteiger partial charge in [0, 0.05) is 26.6 Å². The van der Waals surface area contributed by atoms with Crippen molar-refractivity contribution in [1.29, 1.82) is 0 Å². The van der Waals surface area contributed by atoms with Crippen LogP contribution in [0.4, 0.5) is 0 Å². The summed E-state index contributed by atoms with van der Waals surface area (Å²) in [5.41, 5.74) is -0.00103. The van der Waals surface area contributed by atoms with Gasteiger partial charge in [0.05, 0.1) is 32.6 Å². The van der Waals surface area contributed by atoms with Crippen molar-refractivity contribution < 1.29 is 22.7 Å². The van der Waals surface area contributed by atoms with E-state index in [1.54, 1.807) is 0 Å². The maximum atomic E-state index is 12.7. The average molecular weight is 496 g/mol. The number of alkyl halides is 2. The Morgan fingerprint density at radius 3 is 1.96 bits per heavy atom. The van der Waals surface area contributed by atoms with Crippen LogP contribution in [0.25, 0.3) is 0 Å². The number of hydrogen-bond donors (Lipinski definition) is 0. The lowest BCUT2D eigenvalue weighted by Gasteiger charge is -2.36. The van der Waals surface area contributed by atoms with E-state index in [-0.39, 0.29) is 20.5 Å². The van der Waals surface area contributed by atoms with Gasteiger partial charge in [-0.05, 0) is 0 Å². The minimum Gasteiger partial charge on any atom is -0.333 e. The number of rotatable bonds is 5. The predicted octanol–water partition coefficient (Wildman–Crippen LogP) is 5.16. The standard InChI is InChI=1S/C14H26Br2O5P2/c1-13(2)7-18-22(19-8-13)5-11(15)12(16)6-23(17)20-9-14(3,4)10-21-23/h11-12H,5-10H2,1-4H3. The summed E-state index contributed by atoms with van der Waals surface area (Å²) in [4.78, 5) is 0.0574. The first-order chi connectivity index (χ1) is 10.5. The van der Waals surface area contributed by atoms with E-state index in [0.717, 1.165) is 6.16 Å². The fraction of sp³-hybridized carbons (Fsp3) is 1.00. The summed E-state index contributed by atoms with van der Waals surface area (Å²) in [5, 5.41) is 0. The molecule has 0 saturated carbocycles. The minimum absolute atomic E-state index is 0.0285. The fourth-order valence-electron chi connectivity index (χ4n) is 1.99. The molecule has 0 aromatic rings. The summed E-state index contributed by atoms with van der Waals surface area (Å²) < 4.78 is 35.4. The molecule has 2 fully saturated rings. The third-order valence-corrected chi connectivity index (χ3v) is 10.7. The maximum absolute atomic E-state index is 12.7. The highest BCUT2D eigenvalue weighted by Gasteiger charge is 2.40. The van der Waals surface area contributed by atoms with Crippen LogP contribution >= 0.6 is 47.8 Å². The molecule has 23 heavy (non-hydrogen) atoms. The molecule has 136 valence electrons. The smallest absolute Gasteiger partial charge is 0.331 e. The van der Waals surface area contributed by atoms with Crippen LogP contribution in [-0.4, -0.2) is 48.4 Å². The van der Waals surface area contributed by atoms with Crippen molar-refractivity contribution in [2.45, 2.75) is 37.3 Å². The molecule has 2 heterocycles. The average Bonchev–Trinajstić information content (AvgIpc) is 2.45. The summed E-state index contributed by atoms with van der Waals surface area (Å²) in [5.74, 6) is 0. The Morgan fingerprint density at radius 1 is 0.957 bits per heavy atom. The molecule has 2 saturated heterocycles. The van der Waals surface area contributed by atoms with Gasteiger partial charge in [0.25, 0.3) is 0 Å². The second-order valence-corrected chi connectivity index (χ2v) is 13.8. The van der Waals surface area contributed by atoms with E-state index in [1.807, 2.05) is 13.8 Å². The summed E-state index contributed by atoms with van der Waals surface area (Å²) >= 11 is 7.27. The van der Waals surface area contributed by atoms with Crippen molar-refractivity contribution >= 4 is 47.8 Å². The van der Waals surface area contributed by atoms with Gasteiger partial charge < -0.3 is 18.1 Å². The molecule has 2 rings (SSSR count). The van der Waals surface area contributed by atoms with Crippen LogP contribution in [0, 0.1) is 10.8 Å². The Balaban J connectivity index is 1.79. The lowest BCUT2D eigenvalue weighted by molar-refractivity contribution is 0.0416. The molecule has 2 aliphatic heterocycles. The molecule has 9 heteroatoms. The van der Waals surface area contributed by atoms with E-state index in [9.17, 15) is 4.57 Å². The molecule has 2 aliphatic rings. The van der Waals surface area contributed by atoms with Crippen molar-refractivity contribution in [1.82, 2.24) is 0 Å². The lowest BCUT2D eigenvalue weighted by Crippen LogP contribution is -2.33. The largest absolute Gasteiger partial charge is 0.333 e. The normalized spacial score (nSPS) is 29.8. The Kier molecular flexibility index (Phi) is 7.22. The molecule has 2 unspecified atom stereocenters. The topological polar surface area (TPSA) is 54.0 Å². The van der Waals surface area contributed by atoms with Crippen molar-refractivity contribution in [3.63, 3.8) is 0 Å². The van der Waals surface area contributed by atoms with Gasteiger partial charge in [-0.1, -0.05) is 59.6 Å². The highest BCUT2D eigenvalue weighted by Crippen LogP contribution is 2.56. The van der Waals surface area contributed by atoms with Crippen LogP contribution in [0.3, 0.4) is 0 Å². The molecule has 0 N–H and O–H groups in total. The molecule has 0 aliphatic carbocycles. The third-order valence-electron chi connectivity index (χ3n) is 3.62.